The summed E-state index contributed by atoms with van der Waals surface area (Å²) in [5.41, 5.74) is 0.0291. The lowest BCUT2D eigenvalue weighted by Crippen LogP contribution is -2.13. The first-order chi connectivity index (χ1) is 13.3. The number of imidazole rings is 1. The van der Waals surface area contributed by atoms with Crippen molar-refractivity contribution >= 4 is 23.2 Å². The number of aromatic nitrogens is 2. The van der Waals surface area contributed by atoms with Crippen molar-refractivity contribution < 1.29 is 19.4 Å². The molecular formula is C17H21N5O6. The first kappa shape index (κ1) is 20.8. The van der Waals surface area contributed by atoms with Gasteiger partial charge in [-0.1, -0.05) is 13.8 Å². The van der Waals surface area contributed by atoms with E-state index in [4.69, 9.17) is 4.74 Å². The fourth-order valence-corrected chi connectivity index (χ4v) is 2.31. The molecule has 0 aliphatic rings. The number of nitro benzene ring substituents is 2. The summed E-state index contributed by atoms with van der Waals surface area (Å²) in [6.45, 7) is 4.68. The van der Waals surface area contributed by atoms with Crippen molar-refractivity contribution in [3.63, 3.8) is 0 Å². The van der Waals surface area contributed by atoms with Gasteiger partial charge in [0.2, 0.25) is 0 Å². The summed E-state index contributed by atoms with van der Waals surface area (Å²) in [4.78, 5) is 36.5. The molecule has 150 valence electrons. The van der Waals surface area contributed by atoms with E-state index in [2.05, 4.69) is 10.3 Å². The van der Waals surface area contributed by atoms with Crippen LogP contribution in [0.25, 0.3) is 0 Å². The summed E-state index contributed by atoms with van der Waals surface area (Å²) in [7, 11) is 0. The molecule has 0 fully saturated rings. The molecule has 1 heterocycles. The predicted molar refractivity (Wildman–Crippen MR) is 100 cm³/mol. The number of rotatable bonds is 9. The van der Waals surface area contributed by atoms with Crippen molar-refractivity contribution in [3.8, 4) is 0 Å². The lowest BCUT2D eigenvalue weighted by molar-refractivity contribution is -0.393. The van der Waals surface area contributed by atoms with E-state index >= 15 is 0 Å². The number of nitrogens with one attached hydrogen (secondary N) is 1. The molecule has 0 spiro atoms. The molecule has 0 saturated heterocycles. The van der Waals surface area contributed by atoms with Crippen LogP contribution in [-0.4, -0.2) is 38.6 Å². The van der Waals surface area contributed by atoms with E-state index in [-0.39, 0.29) is 23.6 Å². The fraction of sp³-hybridized carbons (Fsp3) is 0.412. The Morgan fingerprint density at radius 2 is 2.04 bits per heavy atom. The predicted octanol–water partition coefficient (Wildman–Crippen LogP) is 3.38. The molecule has 0 unspecified atom stereocenters. The van der Waals surface area contributed by atoms with Gasteiger partial charge in [-0.2, -0.15) is 0 Å². The highest BCUT2D eigenvalue weighted by molar-refractivity contribution is 5.70. The minimum absolute atomic E-state index is 0.170. The average molecular weight is 391 g/mol. The van der Waals surface area contributed by atoms with E-state index in [1.54, 1.807) is 0 Å². The molecule has 11 nitrogen and oxygen atoms in total. The number of nitrogens with zero attached hydrogens (tertiary/aromatic N) is 4. The van der Waals surface area contributed by atoms with Gasteiger partial charge in [0.1, 0.15) is 12.0 Å². The number of non-ortho nitro benzene ring substituents is 1. The largest absolute Gasteiger partial charge is 0.449 e. The summed E-state index contributed by atoms with van der Waals surface area (Å²) in [6, 6.07) is 3.39. The maximum atomic E-state index is 11.9. The molecule has 1 aromatic carbocycles. The smallest absolute Gasteiger partial charge is 0.419 e. The molecule has 11 heteroatoms. The highest BCUT2D eigenvalue weighted by Gasteiger charge is 2.19. The van der Waals surface area contributed by atoms with Gasteiger partial charge in [0.25, 0.3) is 11.4 Å². The SMILES string of the molecule is CC(C)CCOC(=O)n1cnc(CCNc2ccc([N+](=O)[O-])cc2[N+](=O)[O-])c1. The van der Waals surface area contributed by atoms with E-state index in [0.29, 0.717) is 24.6 Å². The third-order valence-electron chi connectivity index (χ3n) is 3.85. The first-order valence-corrected chi connectivity index (χ1v) is 8.64. The second-order valence-corrected chi connectivity index (χ2v) is 6.46. The molecule has 0 amide bonds. The third kappa shape index (κ3) is 5.76. The van der Waals surface area contributed by atoms with Gasteiger partial charge in [-0.15, -0.1) is 0 Å². The summed E-state index contributed by atoms with van der Waals surface area (Å²) in [5, 5.41) is 24.7. The van der Waals surface area contributed by atoms with E-state index in [1.807, 2.05) is 13.8 Å². The Hall–Kier alpha value is -3.50. The summed E-state index contributed by atoms with van der Waals surface area (Å²) in [5.74, 6) is 0.431. The molecule has 28 heavy (non-hydrogen) atoms. The molecule has 0 bridgehead atoms. The van der Waals surface area contributed by atoms with Crippen LogP contribution in [0.1, 0.15) is 26.0 Å². The van der Waals surface area contributed by atoms with Gasteiger partial charge in [0, 0.05) is 25.2 Å². The van der Waals surface area contributed by atoms with Crippen molar-refractivity contribution in [1.82, 2.24) is 9.55 Å². The Labute approximate surface area is 160 Å². The van der Waals surface area contributed by atoms with Gasteiger partial charge < -0.3 is 10.1 Å². The summed E-state index contributed by atoms with van der Waals surface area (Å²) in [6.07, 6.45) is 3.52. The van der Waals surface area contributed by atoms with Crippen molar-refractivity contribution in [3.05, 3.63) is 56.6 Å². The van der Waals surface area contributed by atoms with Crippen LogP contribution in [0.3, 0.4) is 0 Å². The van der Waals surface area contributed by atoms with Gasteiger partial charge in [0.15, 0.2) is 0 Å². The molecule has 2 aromatic rings. The normalized spacial score (nSPS) is 10.7. The number of hydrogen-bond acceptors (Lipinski definition) is 8. The Balaban J connectivity index is 1.92. The molecule has 0 aliphatic heterocycles. The van der Waals surface area contributed by atoms with Crippen LogP contribution < -0.4 is 5.32 Å². The monoisotopic (exact) mass is 391 g/mol. The Kier molecular flexibility index (Phi) is 7.02. The number of anilines is 1. The zero-order valence-corrected chi connectivity index (χ0v) is 15.5. The summed E-state index contributed by atoms with van der Waals surface area (Å²) < 4.78 is 6.38. The summed E-state index contributed by atoms with van der Waals surface area (Å²) >= 11 is 0. The van der Waals surface area contributed by atoms with Crippen LogP contribution in [0.15, 0.2) is 30.7 Å². The van der Waals surface area contributed by atoms with Crippen LogP contribution in [-0.2, 0) is 11.2 Å². The highest BCUT2D eigenvalue weighted by Crippen LogP contribution is 2.28. The van der Waals surface area contributed by atoms with Crippen molar-refractivity contribution in [2.75, 3.05) is 18.5 Å². The lowest BCUT2D eigenvalue weighted by atomic mass is 10.1. The minimum Gasteiger partial charge on any atom is -0.449 e. The van der Waals surface area contributed by atoms with Crippen molar-refractivity contribution in [2.45, 2.75) is 26.7 Å². The first-order valence-electron chi connectivity index (χ1n) is 8.64. The Morgan fingerprint density at radius 1 is 1.29 bits per heavy atom. The number of ether oxygens (including phenoxy) is 1. The van der Waals surface area contributed by atoms with Crippen LogP contribution in [0, 0.1) is 26.1 Å². The van der Waals surface area contributed by atoms with Crippen LogP contribution in [0.2, 0.25) is 0 Å². The van der Waals surface area contributed by atoms with Crippen LogP contribution in [0.5, 0.6) is 0 Å². The standard InChI is InChI=1S/C17H21N5O6/c1-12(2)6-8-28-17(23)20-10-13(19-11-20)5-7-18-15-4-3-14(21(24)25)9-16(15)22(26)27/h3-4,9-12,18H,5-8H2,1-2H3. The molecule has 1 N–H and O–H groups in total. The van der Waals surface area contributed by atoms with Gasteiger partial charge in [-0.3, -0.25) is 20.2 Å². The molecule has 0 atom stereocenters. The van der Waals surface area contributed by atoms with E-state index in [1.165, 1.54) is 29.2 Å². The number of hydrogen-bond donors (Lipinski definition) is 1. The van der Waals surface area contributed by atoms with Gasteiger partial charge >= 0.3 is 6.09 Å². The lowest BCUT2D eigenvalue weighted by Gasteiger charge is -2.06. The molecule has 0 aliphatic carbocycles. The zero-order valence-electron chi connectivity index (χ0n) is 15.5. The number of benzene rings is 1. The van der Waals surface area contributed by atoms with Crippen LogP contribution in [0.4, 0.5) is 21.9 Å². The average Bonchev–Trinajstić information content (AvgIpc) is 3.10. The fourth-order valence-electron chi connectivity index (χ4n) is 2.31. The number of carbonyl (C=O) groups excluding carboxylic acids is 1. The minimum atomic E-state index is -0.691. The van der Waals surface area contributed by atoms with Crippen molar-refractivity contribution in [2.24, 2.45) is 5.92 Å². The number of nitro groups is 2. The quantitative estimate of drug-likeness (QED) is 0.506. The van der Waals surface area contributed by atoms with E-state index in [9.17, 15) is 25.0 Å². The van der Waals surface area contributed by atoms with E-state index < -0.39 is 15.9 Å². The molecule has 0 saturated carbocycles. The van der Waals surface area contributed by atoms with Gasteiger partial charge in [-0.05, 0) is 18.4 Å². The van der Waals surface area contributed by atoms with Crippen LogP contribution >= 0.6 is 0 Å². The Bertz CT molecular complexity index is 863. The maximum Gasteiger partial charge on any atom is 0.419 e. The third-order valence-corrected chi connectivity index (χ3v) is 3.85. The van der Waals surface area contributed by atoms with E-state index in [0.717, 1.165) is 12.5 Å². The molecular weight excluding hydrogens is 370 g/mol. The van der Waals surface area contributed by atoms with Gasteiger partial charge in [0.05, 0.1) is 28.2 Å². The molecule has 1 aromatic heterocycles. The maximum absolute atomic E-state index is 11.9. The second kappa shape index (κ2) is 9.44. The topological polar surface area (TPSA) is 142 Å². The van der Waals surface area contributed by atoms with Crippen molar-refractivity contribution in [1.29, 1.82) is 0 Å². The van der Waals surface area contributed by atoms with Gasteiger partial charge in [-0.25, -0.2) is 14.3 Å². The zero-order chi connectivity index (χ0) is 20.7. The Morgan fingerprint density at radius 3 is 2.68 bits per heavy atom. The second-order valence-electron chi connectivity index (χ2n) is 6.46. The molecule has 2 rings (SSSR count). The number of carbonyl (C=O) groups is 1. The molecule has 0 radical (unpaired) electrons. The highest BCUT2D eigenvalue weighted by atomic mass is 16.6.